The number of allylic oxidation sites excluding steroid dienone is 1. The summed E-state index contributed by atoms with van der Waals surface area (Å²) in [6.45, 7) is 2.27. The van der Waals surface area contributed by atoms with Gasteiger partial charge < -0.3 is 5.32 Å². The molecule has 0 bridgehead atoms. The number of halogens is 2. The molecule has 0 aromatic heterocycles. The largest absolute Gasteiger partial charge is 0.329 e. The molecular formula is C25H39Cl2NO. The number of nitrogens with one attached hydrogen (secondary N) is 1. The van der Waals surface area contributed by atoms with Crippen LogP contribution in [0.25, 0.3) is 0 Å². The van der Waals surface area contributed by atoms with E-state index in [1.54, 1.807) is 24.4 Å². The minimum Gasteiger partial charge on any atom is -0.329 e. The number of benzene rings is 1. The summed E-state index contributed by atoms with van der Waals surface area (Å²) in [7, 11) is 0. The Hall–Kier alpha value is -0.990. The van der Waals surface area contributed by atoms with Crippen LogP contribution in [0.1, 0.15) is 114 Å². The SMILES string of the molecule is CCCCCCCCCCCCCCCCC=CNC(=O)c1c(Cl)cccc1Cl. The lowest BCUT2D eigenvalue weighted by molar-refractivity contribution is 0.0970. The van der Waals surface area contributed by atoms with E-state index in [4.69, 9.17) is 23.2 Å². The summed E-state index contributed by atoms with van der Waals surface area (Å²) in [6, 6.07) is 5.06. The predicted octanol–water partition coefficient (Wildman–Crippen LogP) is 9.11. The number of rotatable bonds is 17. The summed E-state index contributed by atoms with van der Waals surface area (Å²) in [6.07, 6.45) is 23.8. The molecule has 4 heteroatoms. The van der Waals surface area contributed by atoms with Crippen molar-refractivity contribution in [2.24, 2.45) is 0 Å². The van der Waals surface area contributed by atoms with Crippen molar-refractivity contribution in [3.05, 3.63) is 46.1 Å². The Bertz CT molecular complexity index is 566. The second-order valence-corrected chi connectivity index (χ2v) is 8.67. The van der Waals surface area contributed by atoms with Gasteiger partial charge in [0.15, 0.2) is 0 Å². The van der Waals surface area contributed by atoms with Gasteiger partial charge in [-0.3, -0.25) is 4.79 Å². The number of unbranched alkanes of at least 4 members (excludes halogenated alkanes) is 14. The Morgan fingerprint density at radius 1 is 0.793 bits per heavy atom. The maximum atomic E-state index is 12.1. The third-order valence-electron chi connectivity index (χ3n) is 5.25. The Kier molecular flexibility index (Phi) is 16.0. The molecule has 0 fully saturated rings. The van der Waals surface area contributed by atoms with Gasteiger partial charge >= 0.3 is 0 Å². The van der Waals surface area contributed by atoms with Gasteiger partial charge in [0, 0.05) is 6.20 Å². The molecule has 1 rings (SSSR count). The minimum atomic E-state index is -0.266. The first-order valence-electron chi connectivity index (χ1n) is 11.6. The molecule has 1 amide bonds. The van der Waals surface area contributed by atoms with Crippen LogP contribution < -0.4 is 5.32 Å². The maximum Gasteiger partial charge on any atom is 0.258 e. The summed E-state index contributed by atoms with van der Waals surface area (Å²) < 4.78 is 0. The summed E-state index contributed by atoms with van der Waals surface area (Å²) in [5.74, 6) is -0.266. The van der Waals surface area contributed by atoms with Crippen molar-refractivity contribution in [3.8, 4) is 0 Å². The van der Waals surface area contributed by atoms with Gasteiger partial charge in [0.25, 0.3) is 5.91 Å². The van der Waals surface area contributed by atoms with Gasteiger partial charge in [-0.05, 0) is 25.0 Å². The second-order valence-electron chi connectivity index (χ2n) is 7.86. The van der Waals surface area contributed by atoms with Crippen LogP contribution in [0.2, 0.25) is 10.0 Å². The minimum absolute atomic E-state index is 0.266. The van der Waals surface area contributed by atoms with Crippen molar-refractivity contribution in [2.45, 2.75) is 103 Å². The molecule has 0 aliphatic rings. The van der Waals surface area contributed by atoms with E-state index in [1.165, 1.54) is 83.5 Å². The molecule has 0 aliphatic heterocycles. The van der Waals surface area contributed by atoms with Crippen LogP contribution in [0.15, 0.2) is 30.5 Å². The standard InChI is InChI=1S/C25H39Cl2NO/c1-2-3-4-5-6-7-8-9-10-11-12-13-14-15-16-17-21-28-25(29)24-22(26)19-18-20-23(24)27/h17-21H,2-16H2,1H3,(H,28,29). The van der Waals surface area contributed by atoms with Crippen molar-refractivity contribution in [1.82, 2.24) is 5.32 Å². The van der Waals surface area contributed by atoms with Gasteiger partial charge in [-0.15, -0.1) is 0 Å². The van der Waals surface area contributed by atoms with E-state index in [0.717, 1.165) is 12.8 Å². The smallest absolute Gasteiger partial charge is 0.258 e. The molecule has 2 nitrogen and oxygen atoms in total. The average molecular weight is 440 g/mol. The zero-order valence-corrected chi connectivity index (χ0v) is 19.7. The van der Waals surface area contributed by atoms with Gasteiger partial charge in [-0.1, -0.05) is 126 Å². The highest BCUT2D eigenvalue weighted by Crippen LogP contribution is 2.23. The quantitative estimate of drug-likeness (QED) is 0.240. The zero-order valence-electron chi connectivity index (χ0n) is 18.2. The van der Waals surface area contributed by atoms with Gasteiger partial charge in [0.2, 0.25) is 0 Å². The van der Waals surface area contributed by atoms with Gasteiger partial charge in [-0.25, -0.2) is 0 Å². The van der Waals surface area contributed by atoms with E-state index in [1.807, 2.05) is 6.08 Å². The van der Waals surface area contributed by atoms with Crippen molar-refractivity contribution in [1.29, 1.82) is 0 Å². The molecule has 1 aromatic carbocycles. The highest BCUT2D eigenvalue weighted by molar-refractivity contribution is 6.39. The van der Waals surface area contributed by atoms with E-state index in [0.29, 0.717) is 15.6 Å². The fraction of sp³-hybridized carbons (Fsp3) is 0.640. The molecule has 164 valence electrons. The average Bonchev–Trinajstić information content (AvgIpc) is 2.70. The van der Waals surface area contributed by atoms with Crippen molar-refractivity contribution >= 4 is 29.1 Å². The highest BCUT2D eigenvalue weighted by Gasteiger charge is 2.12. The predicted molar refractivity (Wildman–Crippen MR) is 128 cm³/mol. The molecule has 0 unspecified atom stereocenters. The third kappa shape index (κ3) is 13.0. The third-order valence-corrected chi connectivity index (χ3v) is 5.88. The Labute approximate surface area is 188 Å². The van der Waals surface area contributed by atoms with Crippen molar-refractivity contribution < 1.29 is 4.79 Å². The number of carbonyl (C=O) groups is 1. The van der Waals surface area contributed by atoms with Crippen LogP contribution in [0.3, 0.4) is 0 Å². The number of hydrogen-bond donors (Lipinski definition) is 1. The molecule has 0 aliphatic carbocycles. The van der Waals surface area contributed by atoms with Gasteiger partial charge in [0.1, 0.15) is 0 Å². The Balaban J connectivity index is 1.91. The van der Waals surface area contributed by atoms with Gasteiger partial charge in [-0.2, -0.15) is 0 Å². The first kappa shape index (κ1) is 26.0. The van der Waals surface area contributed by atoms with Crippen LogP contribution >= 0.6 is 23.2 Å². The van der Waals surface area contributed by atoms with Gasteiger partial charge in [0.05, 0.1) is 15.6 Å². The summed E-state index contributed by atoms with van der Waals surface area (Å²) in [4.78, 5) is 12.1. The van der Waals surface area contributed by atoms with Crippen LogP contribution in [0.5, 0.6) is 0 Å². The van der Waals surface area contributed by atoms with E-state index < -0.39 is 0 Å². The maximum absolute atomic E-state index is 12.1. The molecule has 0 atom stereocenters. The normalized spacial score (nSPS) is 11.3. The molecular weight excluding hydrogens is 401 g/mol. The molecule has 0 saturated heterocycles. The molecule has 0 spiro atoms. The van der Waals surface area contributed by atoms with E-state index >= 15 is 0 Å². The Morgan fingerprint density at radius 3 is 1.72 bits per heavy atom. The van der Waals surface area contributed by atoms with Crippen LogP contribution in [-0.4, -0.2) is 5.91 Å². The van der Waals surface area contributed by atoms with Crippen LogP contribution in [0, 0.1) is 0 Å². The topological polar surface area (TPSA) is 29.1 Å². The first-order valence-corrected chi connectivity index (χ1v) is 12.3. The first-order chi connectivity index (χ1) is 14.2. The lowest BCUT2D eigenvalue weighted by Crippen LogP contribution is -2.17. The van der Waals surface area contributed by atoms with Crippen LogP contribution in [-0.2, 0) is 0 Å². The van der Waals surface area contributed by atoms with E-state index in [2.05, 4.69) is 12.2 Å². The summed E-state index contributed by atoms with van der Waals surface area (Å²) in [5, 5.41) is 3.48. The molecule has 29 heavy (non-hydrogen) atoms. The fourth-order valence-corrected chi connectivity index (χ4v) is 4.03. The summed E-state index contributed by atoms with van der Waals surface area (Å²) in [5.41, 5.74) is 0.331. The number of amides is 1. The molecule has 1 aromatic rings. The lowest BCUT2D eigenvalue weighted by atomic mass is 10.0. The Morgan fingerprint density at radius 2 is 1.24 bits per heavy atom. The summed E-state index contributed by atoms with van der Waals surface area (Å²) >= 11 is 12.1. The lowest BCUT2D eigenvalue weighted by Gasteiger charge is -2.05. The highest BCUT2D eigenvalue weighted by atomic mass is 35.5. The molecule has 0 heterocycles. The zero-order chi connectivity index (χ0) is 21.2. The fourth-order valence-electron chi connectivity index (χ4n) is 3.46. The monoisotopic (exact) mass is 439 g/mol. The second kappa shape index (κ2) is 17.8. The van der Waals surface area contributed by atoms with Crippen molar-refractivity contribution in [2.75, 3.05) is 0 Å². The van der Waals surface area contributed by atoms with E-state index in [9.17, 15) is 4.79 Å². The van der Waals surface area contributed by atoms with Crippen molar-refractivity contribution in [3.63, 3.8) is 0 Å². The molecule has 0 saturated carbocycles. The molecule has 1 N–H and O–H groups in total. The van der Waals surface area contributed by atoms with Crippen LogP contribution in [0.4, 0.5) is 0 Å². The van der Waals surface area contributed by atoms with E-state index in [-0.39, 0.29) is 5.91 Å². The number of carbonyl (C=O) groups excluding carboxylic acids is 1. The molecule has 0 radical (unpaired) electrons. The number of hydrogen-bond acceptors (Lipinski definition) is 1.